The van der Waals surface area contributed by atoms with Gasteiger partial charge in [0.2, 0.25) is 5.92 Å². The van der Waals surface area contributed by atoms with Gasteiger partial charge >= 0.3 is 5.97 Å². The molecular formula is C18H15F2N3O3. The number of hydrogen-bond acceptors (Lipinski definition) is 4. The second-order valence-electron chi connectivity index (χ2n) is 6.56. The summed E-state index contributed by atoms with van der Waals surface area (Å²) in [6.45, 7) is 0. The molecule has 8 heteroatoms. The number of aliphatic hydroxyl groups excluding tert-OH is 1. The molecule has 2 aromatic heterocycles. The number of carboxylic acid groups (broad SMARTS) is 1. The predicted molar refractivity (Wildman–Crippen MR) is 88.5 cm³/mol. The van der Waals surface area contributed by atoms with Crippen molar-refractivity contribution in [1.82, 2.24) is 14.8 Å². The van der Waals surface area contributed by atoms with Gasteiger partial charge in [-0.05, 0) is 35.9 Å². The van der Waals surface area contributed by atoms with E-state index in [1.165, 1.54) is 18.3 Å². The molecule has 4 rings (SSSR count). The molecule has 1 fully saturated rings. The Morgan fingerprint density at radius 1 is 1.23 bits per heavy atom. The maximum absolute atomic E-state index is 13.0. The molecule has 2 N–H and O–H groups in total. The molecule has 0 unspecified atom stereocenters. The first-order valence-corrected chi connectivity index (χ1v) is 8.07. The molecule has 2 heterocycles. The van der Waals surface area contributed by atoms with Gasteiger partial charge in [-0.1, -0.05) is 0 Å². The summed E-state index contributed by atoms with van der Waals surface area (Å²) >= 11 is 0. The van der Waals surface area contributed by atoms with E-state index in [1.54, 1.807) is 29.1 Å². The van der Waals surface area contributed by atoms with Crippen LogP contribution in [0.1, 0.15) is 34.9 Å². The molecule has 0 aliphatic heterocycles. The molecule has 0 radical (unpaired) electrons. The van der Waals surface area contributed by atoms with Crippen molar-refractivity contribution in [1.29, 1.82) is 0 Å². The number of nitrogens with zero attached hydrogens (tertiary/aromatic N) is 3. The number of carbonyl (C=O) groups is 1. The van der Waals surface area contributed by atoms with E-state index in [4.69, 9.17) is 5.11 Å². The number of rotatable bonds is 4. The van der Waals surface area contributed by atoms with E-state index in [0.717, 1.165) is 0 Å². The topological polar surface area (TPSA) is 88.2 Å². The average molecular weight is 359 g/mol. The lowest BCUT2D eigenvalue weighted by atomic mass is 9.76. The first-order chi connectivity index (χ1) is 12.3. The van der Waals surface area contributed by atoms with E-state index in [2.05, 4.69) is 10.1 Å². The van der Waals surface area contributed by atoms with Crippen molar-refractivity contribution in [2.75, 3.05) is 0 Å². The van der Waals surface area contributed by atoms with Gasteiger partial charge in [-0.3, -0.25) is 0 Å². The van der Waals surface area contributed by atoms with Crippen molar-refractivity contribution in [2.24, 2.45) is 5.92 Å². The molecular weight excluding hydrogens is 344 g/mol. The maximum Gasteiger partial charge on any atom is 0.335 e. The number of pyridine rings is 1. The molecule has 1 aliphatic rings. The van der Waals surface area contributed by atoms with Gasteiger partial charge in [0, 0.05) is 30.3 Å². The smallest absolute Gasteiger partial charge is 0.335 e. The highest BCUT2D eigenvalue weighted by Gasteiger charge is 2.48. The Labute approximate surface area is 146 Å². The van der Waals surface area contributed by atoms with Gasteiger partial charge < -0.3 is 10.2 Å². The van der Waals surface area contributed by atoms with Gasteiger partial charge in [0.05, 0.1) is 23.6 Å². The van der Waals surface area contributed by atoms with Crippen LogP contribution in [0.15, 0.2) is 42.7 Å². The quantitative estimate of drug-likeness (QED) is 0.747. The Kier molecular flexibility index (Phi) is 3.73. The minimum atomic E-state index is -2.68. The number of hydrogen-bond donors (Lipinski definition) is 2. The summed E-state index contributed by atoms with van der Waals surface area (Å²) < 4.78 is 27.6. The van der Waals surface area contributed by atoms with Crippen LogP contribution in [0.5, 0.6) is 0 Å². The van der Waals surface area contributed by atoms with Crippen LogP contribution in [0, 0.1) is 5.92 Å². The number of halogens is 2. The van der Waals surface area contributed by atoms with Crippen molar-refractivity contribution in [3.8, 4) is 5.69 Å². The summed E-state index contributed by atoms with van der Waals surface area (Å²) in [6, 6.07) is 7.88. The first kappa shape index (κ1) is 16.6. The zero-order chi connectivity index (χ0) is 18.5. The Bertz CT molecular complexity index is 977. The number of aromatic nitrogens is 3. The molecule has 134 valence electrons. The van der Waals surface area contributed by atoms with E-state index in [9.17, 15) is 18.7 Å². The Balaban J connectivity index is 1.62. The third-order valence-electron chi connectivity index (χ3n) is 4.70. The van der Waals surface area contributed by atoms with Crippen molar-refractivity contribution in [3.05, 3.63) is 53.9 Å². The third-order valence-corrected chi connectivity index (χ3v) is 4.70. The monoisotopic (exact) mass is 359 g/mol. The Morgan fingerprint density at radius 3 is 2.54 bits per heavy atom. The van der Waals surface area contributed by atoms with Crippen LogP contribution in [0.2, 0.25) is 0 Å². The summed E-state index contributed by atoms with van der Waals surface area (Å²) in [6.07, 6.45) is 1.42. The van der Waals surface area contributed by atoms with Crippen LogP contribution in [0.3, 0.4) is 0 Å². The number of alkyl halides is 2. The lowest BCUT2D eigenvalue weighted by molar-refractivity contribution is -0.142. The Hall–Kier alpha value is -2.87. The van der Waals surface area contributed by atoms with E-state index in [-0.39, 0.29) is 18.4 Å². The first-order valence-electron chi connectivity index (χ1n) is 8.07. The number of benzene rings is 1. The summed E-state index contributed by atoms with van der Waals surface area (Å²) in [5.74, 6) is -4.17. The van der Waals surface area contributed by atoms with Crippen molar-refractivity contribution < 1.29 is 23.8 Å². The van der Waals surface area contributed by atoms with Gasteiger partial charge in [-0.15, -0.1) is 0 Å². The molecule has 0 bridgehead atoms. The normalized spacial score (nSPS) is 17.8. The molecule has 1 aromatic carbocycles. The molecule has 3 aromatic rings. The zero-order valence-corrected chi connectivity index (χ0v) is 13.5. The molecule has 0 spiro atoms. The zero-order valence-electron chi connectivity index (χ0n) is 13.5. The second-order valence-corrected chi connectivity index (χ2v) is 6.56. The van der Waals surface area contributed by atoms with Crippen molar-refractivity contribution >= 4 is 17.0 Å². The van der Waals surface area contributed by atoms with Crippen LogP contribution in [-0.2, 0) is 0 Å². The summed E-state index contributed by atoms with van der Waals surface area (Å²) in [5, 5.41) is 24.1. The van der Waals surface area contributed by atoms with E-state index >= 15 is 0 Å². The molecule has 0 amide bonds. The molecule has 1 atom stereocenters. The lowest BCUT2D eigenvalue weighted by Gasteiger charge is -2.37. The number of aromatic carboxylic acids is 1. The SMILES string of the molecule is O=C(O)c1ccc(-n2ncc3cc([C@H](O)C4CC(F)(F)C4)cnc32)cc1. The van der Waals surface area contributed by atoms with Crippen LogP contribution < -0.4 is 0 Å². The van der Waals surface area contributed by atoms with Crippen LogP contribution in [0.25, 0.3) is 16.7 Å². The van der Waals surface area contributed by atoms with Gasteiger partial charge in [0.1, 0.15) is 0 Å². The molecule has 6 nitrogen and oxygen atoms in total. The number of fused-ring (bicyclic) bond motifs is 1. The summed E-state index contributed by atoms with van der Waals surface area (Å²) in [5.41, 5.74) is 1.83. The average Bonchev–Trinajstić information content (AvgIpc) is 3.02. The van der Waals surface area contributed by atoms with Crippen LogP contribution in [-0.4, -0.2) is 36.9 Å². The van der Waals surface area contributed by atoms with Gasteiger partial charge in [0.25, 0.3) is 0 Å². The minimum Gasteiger partial charge on any atom is -0.478 e. The van der Waals surface area contributed by atoms with E-state index in [0.29, 0.717) is 22.3 Å². The van der Waals surface area contributed by atoms with E-state index < -0.39 is 23.9 Å². The van der Waals surface area contributed by atoms with Crippen LogP contribution >= 0.6 is 0 Å². The van der Waals surface area contributed by atoms with Gasteiger partial charge in [-0.25, -0.2) is 23.2 Å². The maximum atomic E-state index is 13.0. The highest BCUT2D eigenvalue weighted by molar-refractivity contribution is 5.87. The fourth-order valence-electron chi connectivity index (χ4n) is 3.24. The van der Waals surface area contributed by atoms with Gasteiger partial charge in [-0.2, -0.15) is 5.10 Å². The predicted octanol–water partition coefficient (Wildman–Crippen LogP) is 3.20. The molecule has 1 aliphatic carbocycles. The summed E-state index contributed by atoms with van der Waals surface area (Å²) in [7, 11) is 0. The minimum absolute atomic E-state index is 0.167. The number of aliphatic hydroxyl groups is 1. The van der Waals surface area contributed by atoms with E-state index in [1.807, 2.05) is 0 Å². The molecule has 26 heavy (non-hydrogen) atoms. The Morgan fingerprint density at radius 2 is 1.92 bits per heavy atom. The lowest BCUT2D eigenvalue weighted by Crippen LogP contribution is -2.38. The highest BCUT2D eigenvalue weighted by atomic mass is 19.3. The molecule has 0 saturated heterocycles. The third kappa shape index (κ3) is 2.82. The number of carboxylic acids is 1. The standard InChI is InChI=1S/C18H15F2N3O3/c19-18(20)6-13(7-18)15(24)11-5-12-9-22-23(16(12)21-8-11)14-3-1-10(2-4-14)17(25)26/h1-5,8-9,13,15,24H,6-7H2,(H,25,26)/t15-/m0/s1. The van der Waals surface area contributed by atoms with Crippen molar-refractivity contribution in [3.63, 3.8) is 0 Å². The fourth-order valence-corrected chi connectivity index (χ4v) is 3.24. The fraction of sp³-hybridized carbons (Fsp3) is 0.278. The van der Waals surface area contributed by atoms with Gasteiger partial charge in [0.15, 0.2) is 5.65 Å². The molecule has 1 saturated carbocycles. The second kappa shape index (κ2) is 5.84. The summed E-state index contributed by atoms with van der Waals surface area (Å²) in [4.78, 5) is 15.2. The highest BCUT2D eigenvalue weighted by Crippen LogP contribution is 2.48. The van der Waals surface area contributed by atoms with Crippen LogP contribution in [0.4, 0.5) is 8.78 Å². The van der Waals surface area contributed by atoms with Crippen molar-refractivity contribution in [2.45, 2.75) is 24.9 Å². The largest absolute Gasteiger partial charge is 0.478 e.